The monoisotopic (exact) mass is 260 g/mol. The largest absolute Gasteiger partial charge is 0.507 e. The molecule has 0 saturated carbocycles. The summed E-state index contributed by atoms with van der Waals surface area (Å²) in [5.41, 5.74) is 1.06. The van der Waals surface area contributed by atoms with E-state index < -0.39 is 11.9 Å². The Morgan fingerprint density at radius 1 is 1.00 bits per heavy atom. The predicted molar refractivity (Wildman–Crippen MR) is 67.4 cm³/mol. The van der Waals surface area contributed by atoms with E-state index in [0.29, 0.717) is 5.56 Å². The minimum atomic E-state index is -0.623. The minimum Gasteiger partial charge on any atom is -0.507 e. The molecule has 0 heterocycles. The Hall–Kier alpha value is -2.56. The molecule has 5 nitrogen and oxygen atoms in total. The van der Waals surface area contributed by atoms with Crippen LogP contribution in [0.5, 0.6) is 5.75 Å². The molecule has 0 radical (unpaired) electrons. The maximum absolute atomic E-state index is 11.7. The molecule has 0 amide bonds. The van der Waals surface area contributed by atoms with E-state index in [4.69, 9.17) is 0 Å². The molecule has 0 atom stereocenters. The Kier molecular flexibility index (Phi) is 3.37. The van der Waals surface area contributed by atoms with Crippen molar-refractivity contribution in [3.63, 3.8) is 0 Å². The number of aromatic hydroxyl groups is 1. The summed E-state index contributed by atoms with van der Waals surface area (Å²) in [6.07, 6.45) is 0. The molecule has 0 aromatic carbocycles. The Morgan fingerprint density at radius 3 is 2.21 bits per heavy atom. The van der Waals surface area contributed by atoms with Crippen LogP contribution in [0.2, 0.25) is 0 Å². The van der Waals surface area contributed by atoms with E-state index in [2.05, 4.69) is 9.47 Å². The number of methoxy groups -OCH3 is 2. The fraction of sp³-hybridized carbons (Fsp3) is 0.143. The van der Waals surface area contributed by atoms with E-state index >= 15 is 0 Å². The van der Waals surface area contributed by atoms with E-state index in [1.54, 1.807) is 18.2 Å². The maximum Gasteiger partial charge on any atom is 0.338 e. The second-order valence-electron chi connectivity index (χ2n) is 3.85. The van der Waals surface area contributed by atoms with Gasteiger partial charge in [-0.1, -0.05) is 18.2 Å². The average Bonchev–Trinajstić information content (AvgIpc) is 2.71. The topological polar surface area (TPSA) is 72.8 Å². The normalized spacial score (nSPS) is 10.2. The molecule has 2 aliphatic carbocycles. The SMILES string of the molecule is COC(=O)c1cc(C(=O)OC)c2c(O)ccccc1-2. The Morgan fingerprint density at radius 2 is 1.58 bits per heavy atom. The molecule has 2 rings (SSSR count). The Bertz CT molecular complexity index is 618. The summed E-state index contributed by atoms with van der Waals surface area (Å²) in [5.74, 6) is -1.30. The van der Waals surface area contributed by atoms with Gasteiger partial charge in [0.15, 0.2) is 0 Å². The number of esters is 2. The van der Waals surface area contributed by atoms with Crippen LogP contribution in [-0.2, 0) is 9.47 Å². The summed E-state index contributed by atoms with van der Waals surface area (Å²) >= 11 is 0. The Labute approximate surface area is 109 Å². The lowest BCUT2D eigenvalue weighted by Crippen LogP contribution is -2.01. The van der Waals surface area contributed by atoms with Crippen molar-refractivity contribution in [2.24, 2.45) is 0 Å². The van der Waals surface area contributed by atoms with Gasteiger partial charge in [0.25, 0.3) is 0 Å². The van der Waals surface area contributed by atoms with Gasteiger partial charge in [0.2, 0.25) is 0 Å². The van der Waals surface area contributed by atoms with Gasteiger partial charge < -0.3 is 14.6 Å². The van der Waals surface area contributed by atoms with Gasteiger partial charge in [0, 0.05) is 11.1 Å². The molecule has 98 valence electrons. The molecule has 0 fully saturated rings. The average molecular weight is 260 g/mol. The van der Waals surface area contributed by atoms with Gasteiger partial charge >= 0.3 is 11.9 Å². The summed E-state index contributed by atoms with van der Waals surface area (Å²) in [5, 5.41) is 9.96. The van der Waals surface area contributed by atoms with Crippen molar-refractivity contribution in [3.8, 4) is 16.9 Å². The molecule has 0 saturated heterocycles. The molecule has 0 aliphatic heterocycles. The first kappa shape index (κ1) is 12.9. The van der Waals surface area contributed by atoms with Crippen LogP contribution >= 0.6 is 0 Å². The second-order valence-corrected chi connectivity index (χ2v) is 3.85. The molecule has 0 bridgehead atoms. The quantitative estimate of drug-likeness (QED) is 0.837. The maximum atomic E-state index is 11.7. The van der Waals surface area contributed by atoms with Crippen LogP contribution < -0.4 is 0 Å². The first-order chi connectivity index (χ1) is 9.10. The molecule has 0 aromatic heterocycles. The summed E-state index contributed by atoms with van der Waals surface area (Å²) < 4.78 is 9.32. The molecular formula is C14H12O5. The van der Waals surface area contributed by atoms with E-state index in [-0.39, 0.29) is 22.4 Å². The van der Waals surface area contributed by atoms with Gasteiger partial charge in [0.05, 0.1) is 25.3 Å². The minimum absolute atomic E-state index is 0.101. The highest BCUT2D eigenvalue weighted by atomic mass is 16.5. The highest BCUT2D eigenvalue weighted by Crippen LogP contribution is 2.38. The van der Waals surface area contributed by atoms with Crippen molar-refractivity contribution < 1.29 is 24.2 Å². The smallest absolute Gasteiger partial charge is 0.338 e. The first-order valence-corrected chi connectivity index (χ1v) is 5.51. The lowest BCUT2D eigenvalue weighted by atomic mass is 10.1. The van der Waals surface area contributed by atoms with Crippen molar-refractivity contribution in [1.29, 1.82) is 0 Å². The van der Waals surface area contributed by atoms with E-state index in [0.717, 1.165) is 0 Å². The van der Waals surface area contributed by atoms with Crippen molar-refractivity contribution in [2.45, 2.75) is 0 Å². The third-order valence-electron chi connectivity index (χ3n) is 2.81. The predicted octanol–water partition coefficient (Wildman–Crippen LogP) is 2.07. The second kappa shape index (κ2) is 4.97. The number of hydrogen-bond donors (Lipinski definition) is 1. The molecule has 5 heteroatoms. The standard InChI is InChI=1S/C14H12O5/c1-18-13(16)9-7-10(14(17)19-2)12-8(9)5-3-4-6-11(12)15/h3-7,15H,1-2H3. The van der Waals surface area contributed by atoms with Crippen LogP contribution in [0.3, 0.4) is 0 Å². The van der Waals surface area contributed by atoms with Gasteiger partial charge in [-0.05, 0) is 12.1 Å². The highest BCUT2D eigenvalue weighted by molar-refractivity contribution is 6.09. The molecule has 0 aromatic rings. The van der Waals surface area contributed by atoms with Crippen molar-refractivity contribution >= 4 is 11.9 Å². The molecular weight excluding hydrogens is 248 g/mol. The summed E-state index contributed by atoms with van der Waals surface area (Å²) in [6.45, 7) is 0. The number of rotatable bonds is 2. The van der Waals surface area contributed by atoms with Gasteiger partial charge in [-0.3, -0.25) is 0 Å². The van der Waals surface area contributed by atoms with Crippen LogP contribution in [0.15, 0.2) is 30.3 Å². The zero-order chi connectivity index (χ0) is 14.0. The number of hydrogen-bond acceptors (Lipinski definition) is 5. The molecule has 0 unspecified atom stereocenters. The van der Waals surface area contributed by atoms with Crippen LogP contribution in [0.4, 0.5) is 0 Å². The number of carbonyl (C=O) groups is 2. The molecule has 1 N–H and O–H groups in total. The summed E-state index contributed by atoms with van der Waals surface area (Å²) in [4.78, 5) is 23.4. The Balaban J connectivity index is 2.77. The third-order valence-corrected chi connectivity index (χ3v) is 2.81. The lowest BCUT2D eigenvalue weighted by Gasteiger charge is -2.02. The van der Waals surface area contributed by atoms with Gasteiger partial charge in [-0.25, -0.2) is 9.59 Å². The zero-order valence-corrected chi connectivity index (χ0v) is 10.5. The molecule has 0 spiro atoms. The van der Waals surface area contributed by atoms with Crippen LogP contribution in [0.1, 0.15) is 20.7 Å². The van der Waals surface area contributed by atoms with Gasteiger partial charge in [0.1, 0.15) is 5.75 Å². The van der Waals surface area contributed by atoms with Crippen molar-refractivity contribution in [2.75, 3.05) is 14.2 Å². The first-order valence-electron chi connectivity index (χ1n) is 5.51. The number of carbonyl (C=O) groups excluding carboxylic acids is 2. The lowest BCUT2D eigenvalue weighted by molar-refractivity contribution is 0.0600. The van der Waals surface area contributed by atoms with Crippen LogP contribution in [-0.4, -0.2) is 31.3 Å². The fourth-order valence-electron chi connectivity index (χ4n) is 1.95. The van der Waals surface area contributed by atoms with E-state index in [1.807, 2.05) is 0 Å². The van der Waals surface area contributed by atoms with E-state index in [1.165, 1.54) is 26.4 Å². The summed E-state index contributed by atoms with van der Waals surface area (Å²) in [6, 6.07) is 7.71. The van der Waals surface area contributed by atoms with Gasteiger partial charge in [-0.15, -0.1) is 0 Å². The van der Waals surface area contributed by atoms with E-state index in [9.17, 15) is 14.7 Å². The summed E-state index contributed by atoms with van der Waals surface area (Å²) in [7, 11) is 2.49. The molecule has 19 heavy (non-hydrogen) atoms. The van der Waals surface area contributed by atoms with Gasteiger partial charge in [-0.2, -0.15) is 0 Å². The zero-order valence-electron chi connectivity index (χ0n) is 10.5. The number of ether oxygens (including phenoxy) is 2. The fourth-order valence-corrected chi connectivity index (χ4v) is 1.95. The van der Waals surface area contributed by atoms with Crippen LogP contribution in [0, 0.1) is 0 Å². The number of fused-ring (bicyclic) bond motifs is 1. The van der Waals surface area contributed by atoms with Crippen molar-refractivity contribution in [1.82, 2.24) is 0 Å². The molecule has 2 aliphatic rings. The van der Waals surface area contributed by atoms with Crippen molar-refractivity contribution in [3.05, 3.63) is 41.5 Å². The third kappa shape index (κ3) is 2.10. The highest BCUT2D eigenvalue weighted by Gasteiger charge is 2.26. The van der Waals surface area contributed by atoms with Crippen LogP contribution in [0.25, 0.3) is 11.1 Å².